The molecule has 116 valence electrons. The lowest BCUT2D eigenvalue weighted by molar-refractivity contribution is -0.149. The van der Waals surface area contributed by atoms with Gasteiger partial charge in [0, 0.05) is 11.5 Å². The van der Waals surface area contributed by atoms with Crippen molar-refractivity contribution in [1.82, 2.24) is 0 Å². The first kappa shape index (κ1) is 13.8. The van der Waals surface area contributed by atoms with Gasteiger partial charge >= 0.3 is 5.97 Å². The number of carbonyl (C=O) groups excluding carboxylic acids is 1. The predicted octanol–water partition coefficient (Wildman–Crippen LogP) is 3.07. The van der Waals surface area contributed by atoms with Crippen LogP contribution >= 0.6 is 0 Å². The average molecular weight is 290 g/mol. The highest BCUT2D eigenvalue weighted by atomic mass is 16.5. The molecule has 3 heteroatoms. The second-order valence-electron chi connectivity index (χ2n) is 8.25. The summed E-state index contributed by atoms with van der Waals surface area (Å²) < 4.78 is 5.39. The molecule has 0 saturated heterocycles. The first-order valence-corrected chi connectivity index (χ1v) is 8.51. The van der Waals surface area contributed by atoms with Gasteiger partial charge in [0.15, 0.2) is 0 Å². The summed E-state index contributed by atoms with van der Waals surface area (Å²) in [6.45, 7) is 5.17. The number of fused-ring (bicyclic) bond motifs is 5. The van der Waals surface area contributed by atoms with Crippen LogP contribution in [0.4, 0.5) is 0 Å². The zero-order chi connectivity index (χ0) is 14.8. The third kappa shape index (κ3) is 1.73. The van der Waals surface area contributed by atoms with Gasteiger partial charge in [0.05, 0.1) is 6.10 Å². The van der Waals surface area contributed by atoms with Crippen molar-refractivity contribution < 1.29 is 14.6 Å². The van der Waals surface area contributed by atoms with Gasteiger partial charge in [0.2, 0.25) is 0 Å². The normalized spacial score (nSPS) is 52.3. The molecule has 1 heterocycles. The van der Waals surface area contributed by atoms with Crippen LogP contribution in [0.1, 0.15) is 52.4 Å². The molecule has 1 N–H and O–H groups in total. The lowest BCUT2D eigenvalue weighted by atomic mass is 9.49. The summed E-state index contributed by atoms with van der Waals surface area (Å²) in [7, 11) is 0. The monoisotopic (exact) mass is 290 g/mol. The fraction of sp³-hybridized carbons (Fsp3) is 0.833. The van der Waals surface area contributed by atoms with Gasteiger partial charge in [-0.3, -0.25) is 0 Å². The zero-order valence-corrected chi connectivity index (χ0v) is 13.1. The van der Waals surface area contributed by atoms with Crippen molar-refractivity contribution in [3.8, 4) is 0 Å². The number of esters is 1. The van der Waals surface area contributed by atoms with E-state index in [4.69, 9.17) is 4.74 Å². The van der Waals surface area contributed by atoms with E-state index in [1.54, 1.807) is 6.08 Å². The Morgan fingerprint density at radius 3 is 2.81 bits per heavy atom. The minimum atomic E-state index is -0.155. The van der Waals surface area contributed by atoms with Crippen molar-refractivity contribution in [1.29, 1.82) is 0 Å². The SMILES string of the molecule is C[C@]12COC(=O)C=C1CC[C@@H]1[C@@H]2CC[C@]2(C)C(O)CC[C@@H]12. The molecule has 6 atom stereocenters. The van der Waals surface area contributed by atoms with E-state index >= 15 is 0 Å². The maximum atomic E-state index is 11.6. The zero-order valence-electron chi connectivity index (χ0n) is 13.1. The van der Waals surface area contributed by atoms with Crippen molar-refractivity contribution >= 4 is 5.97 Å². The van der Waals surface area contributed by atoms with Gasteiger partial charge in [-0.05, 0) is 61.7 Å². The van der Waals surface area contributed by atoms with Crippen molar-refractivity contribution in [3.05, 3.63) is 11.6 Å². The smallest absolute Gasteiger partial charge is 0.330 e. The Morgan fingerprint density at radius 1 is 1.19 bits per heavy atom. The Balaban J connectivity index is 1.69. The van der Waals surface area contributed by atoms with E-state index < -0.39 is 0 Å². The quantitative estimate of drug-likeness (QED) is 0.697. The minimum Gasteiger partial charge on any atom is -0.462 e. The summed E-state index contributed by atoms with van der Waals surface area (Å²) in [5.41, 5.74) is 1.50. The molecule has 3 saturated carbocycles. The Bertz CT molecular complexity index is 511. The highest BCUT2D eigenvalue weighted by Crippen LogP contribution is 2.64. The molecule has 0 bridgehead atoms. The van der Waals surface area contributed by atoms with Gasteiger partial charge < -0.3 is 9.84 Å². The van der Waals surface area contributed by atoms with E-state index in [1.165, 1.54) is 24.8 Å². The van der Waals surface area contributed by atoms with Crippen LogP contribution in [0.25, 0.3) is 0 Å². The number of hydrogen-bond acceptors (Lipinski definition) is 3. The fourth-order valence-electron chi connectivity index (χ4n) is 6.14. The molecule has 0 spiro atoms. The van der Waals surface area contributed by atoms with E-state index in [1.807, 2.05) is 0 Å². The largest absolute Gasteiger partial charge is 0.462 e. The van der Waals surface area contributed by atoms with Crippen LogP contribution in [0.15, 0.2) is 11.6 Å². The number of aliphatic hydroxyl groups excluding tert-OH is 1. The van der Waals surface area contributed by atoms with E-state index in [9.17, 15) is 9.90 Å². The highest BCUT2D eigenvalue weighted by molar-refractivity contribution is 5.84. The Labute approximate surface area is 126 Å². The van der Waals surface area contributed by atoms with Crippen molar-refractivity contribution in [2.24, 2.45) is 28.6 Å². The van der Waals surface area contributed by atoms with Gasteiger partial charge in [-0.1, -0.05) is 19.4 Å². The number of aliphatic hydroxyl groups is 1. The molecule has 3 fully saturated rings. The molecule has 1 unspecified atom stereocenters. The summed E-state index contributed by atoms with van der Waals surface area (Å²) in [6, 6.07) is 0. The number of hydrogen-bond donors (Lipinski definition) is 1. The molecule has 21 heavy (non-hydrogen) atoms. The first-order valence-electron chi connectivity index (χ1n) is 8.51. The third-order valence-electron chi connectivity index (χ3n) is 7.49. The molecule has 0 aromatic rings. The van der Waals surface area contributed by atoms with Gasteiger partial charge in [0.25, 0.3) is 0 Å². The molecule has 4 aliphatic rings. The Kier molecular flexibility index (Phi) is 2.86. The molecular weight excluding hydrogens is 264 g/mol. The van der Waals surface area contributed by atoms with Crippen LogP contribution in [0.5, 0.6) is 0 Å². The van der Waals surface area contributed by atoms with Crippen LogP contribution < -0.4 is 0 Å². The van der Waals surface area contributed by atoms with Gasteiger partial charge in [0.1, 0.15) is 6.61 Å². The summed E-state index contributed by atoms with van der Waals surface area (Å²) in [4.78, 5) is 11.6. The Morgan fingerprint density at radius 2 is 2.00 bits per heavy atom. The summed E-state index contributed by atoms with van der Waals surface area (Å²) >= 11 is 0. The van der Waals surface area contributed by atoms with Crippen LogP contribution in [-0.2, 0) is 9.53 Å². The van der Waals surface area contributed by atoms with Crippen LogP contribution in [0.3, 0.4) is 0 Å². The van der Waals surface area contributed by atoms with Crippen LogP contribution in [0.2, 0.25) is 0 Å². The first-order chi connectivity index (χ1) is 9.95. The fourth-order valence-corrected chi connectivity index (χ4v) is 6.14. The lowest BCUT2D eigenvalue weighted by Crippen LogP contribution is -2.52. The minimum absolute atomic E-state index is 0.0473. The molecular formula is C18H26O3. The van der Waals surface area contributed by atoms with Gasteiger partial charge in [-0.2, -0.15) is 0 Å². The van der Waals surface area contributed by atoms with Crippen LogP contribution in [-0.4, -0.2) is 23.8 Å². The summed E-state index contributed by atoms with van der Waals surface area (Å²) in [5.74, 6) is 1.81. The molecule has 3 nitrogen and oxygen atoms in total. The topological polar surface area (TPSA) is 46.5 Å². The van der Waals surface area contributed by atoms with Crippen molar-refractivity contribution in [2.75, 3.05) is 6.61 Å². The van der Waals surface area contributed by atoms with Gasteiger partial charge in [-0.15, -0.1) is 0 Å². The second kappa shape index (κ2) is 4.34. The van der Waals surface area contributed by atoms with E-state index in [0.717, 1.165) is 19.3 Å². The van der Waals surface area contributed by atoms with Crippen molar-refractivity contribution in [2.45, 2.75) is 58.5 Å². The maximum Gasteiger partial charge on any atom is 0.330 e. The lowest BCUT2D eigenvalue weighted by Gasteiger charge is -2.57. The molecule has 0 radical (unpaired) electrons. The molecule has 0 aromatic carbocycles. The standard InChI is InChI=1S/C18H26O3/c1-17-8-7-14-12(13(17)5-6-15(17)19)4-3-11-9-16(20)21-10-18(11,14)2/h9,12-15,19H,3-8,10H2,1-2H3/t12-,13-,14-,15?,17-,18-/m0/s1. The molecule has 0 amide bonds. The third-order valence-corrected chi connectivity index (χ3v) is 7.49. The second-order valence-corrected chi connectivity index (χ2v) is 8.25. The van der Waals surface area contributed by atoms with E-state index in [0.29, 0.717) is 24.4 Å². The van der Waals surface area contributed by atoms with E-state index in [-0.39, 0.29) is 22.9 Å². The molecule has 1 aliphatic heterocycles. The van der Waals surface area contributed by atoms with E-state index in [2.05, 4.69) is 13.8 Å². The number of cyclic esters (lactones) is 1. The number of ether oxygens (including phenoxy) is 1. The molecule has 3 aliphatic carbocycles. The molecule has 0 aromatic heterocycles. The van der Waals surface area contributed by atoms with Crippen molar-refractivity contribution in [3.63, 3.8) is 0 Å². The highest BCUT2D eigenvalue weighted by Gasteiger charge is 2.59. The summed E-state index contributed by atoms with van der Waals surface area (Å²) in [6.07, 6.45) is 8.31. The number of rotatable bonds is 0. The average Bonchev–Trinajstić information content (AvgIpc) is 2.76. The molecule has 4 rings (SSSR count). The van der Waals surface area contributed by atoms with Gasteiger partial charge in [-0.25, -0.2) is 4.79 Å². The summed E-state index contributed by atoms with van der Waals surface area (Å²) in [5, 5.41) is 10.4. The number of carbonyl (C=O) groups is 1. The van der Waals surface area contributed by atoms with Crippen LogP contribution in [0, 0.1) is 28.6 Å². The predicted molar refractivity (Wildman–Crippen MR) is 79.4 cm³/mol. The maximum absolute atomic E-state index is 11.6. The Hall–Kier alpha value is -0.830.